The smallest absolute Gasteiger partial charge is 0.344 e. The Kier molecular flexibility index (Phi) is 8.64. The molecule has 1 fully saturated rings. The molecular weight excluding hydrogens is 488 g/mol. The molecule has 1 amide bonds. The van der Waals surface area contributed by atoms with Crippen LogP contribution in [0, 0.1) is 0 Å². The molecule has 0 saturated carbocycles. The van der Waals surface area contributed by atoms with E-state index < -0.39 is 12.1 Å². The molecule has 1 saturated heterocycles. The van der Waals surface area contributed by atoms with Gasteiger partial charge in [0.05, 0.1) is 17.7 Å². The number of carbonyl (C=O) groups excluding carboxylic acids is 1. The van der Waals surface area contributed by atoms with Crippen LogP contribution >= 0.6 is 11.8 Å². The third-order valence-corrected chi connectivity index (χ3v) is 6.72. The highest BCUT2D eigenvalue weighted by Crippen LogP contribution is 2.38. The van der Waals surface area contributed by atoms with E-state index in [1.54, 1.807) is 29.2 Å². The van der Waals surface area contributed by atoms with E-state index in [1.165, 1.54) is 31.4 Å². The SMILES string of the molecule is COc1cccc(/C=C2\SC(=Nc3ccccc3)N(CCCc3ccccc3)C2=O)c1O[C@H](C)C(=O)O. The van der Waals surface area contributed by atoms with Crippen molar-refractivity contribution in [3.8, 4) is 11.5 Å². The number of amides is 1. The van der Waals surface area contributed by atoms with Crippen LogP contribution in [0.5, 0.6) is 11.5 Å². The Morgan fingerprint density at radius 2 is 1.76 bits per heavy atom. The Balaban J connectivity index is 1.64. The van der Waals surface area contributed by atoms with Crippen molar-refractivity contribution in [1.29, 1.82) is 0 Å². The summed E-state index contributed by atoms with van der Waals surface area (Å²) in [5.74, 6) is -0.605. The van der Waals surface area contributed by atoms with Crippen molar-refractivity contribution < 1.29 is 24.2 Å². The van der Waals surface area contributed by atoms with Gasteiger partial charge in [-0.2, -0.15) is 0 Å². The molecule has 1 atom stereocenters. The molecule has 4 rings (SSSR count). The number of methoxy groups -OCH3 is 1. The van der Waals surface area contributed by atoms with Crippen molar-refractivity contribution >= 4 is 40.6 Å². The molecule has 0 bridgehead atoms. The van der Waals surface area contributed by atoms with Gasteiger partial charge < -0.3 is 14.6 Å². The summed E-state index contributed by atoms with van der Waals surface area (Å²) in [7, 11) is 1.49. The Bertz CT molecular complexity index is 1310. The summed E-state index contributed by atoms with van der Waals surface area (Å²) >= 11 is 1.28. The maximum Gasteiger partial charge on any atom is 0.344 e. The molecule has 0 aliphatic carbocycles. The van der Waals surface area contributed by atoms with Crippen LogP contribution in [0.2, 0.25) is 0 Å². The molecular formula is C29H28N2O5S. The van der Waals surface area contributed by atoms with E-state index >= 15 is 0 Å². The van der Waals surface area contributed by atoms with E-state index in [1.807, 2.05) is 48.5 Å². The quantitative estimate of drug-likeness (QED) is 0.344. The van der Waals surface area contributed by atoms with E-state index in [0.29, 0.717) is 27.9 Å². The molecule has 0 radical (unpaired) electrons. The second-order valence-electron chi connectivity index (χ2n) is 8.36. The van der Waals surface area contributed by atoms with Gasteiger partial charge in [0.25, 0.3) is 5.91 Å². The van der Waals surface area contributed by atoms with Gasteiger partial charge in [0.15, 0.2) is 22.8 Å². The Hall–Kier alpha value is -4.04. The van der Waals surface area contributed by atoms with Gasteiger partial charge in [0.1, 0.15) is 0 Å². The number of ether oxygens (including phenoxy) is 2. The summed E-state index contributed by atoms with van der Waals surface area (Å²) in [6, 6.07) is 24.9. The monoisotopic (exact) mass is 516 g/mol. The number of hydrogen-bond acceptors (Lipinski definition) is 6. The maximum atomic E-state index is 13.5. The molecule has 8 heteroatoms. The van der Waals surface area contributed by atoms with Gasteiger partial charge in [-0.25, -0.2) is 9.79 Å². The van der Waals surface area contributed by atoms with Crippen molar-refractivity contribution in [1.82, 2.24) is 4.90 Å². The molecule has 1 N–H and O–H groups in total. The third-order valence-electron chi connectivity index (χ3n) is 5.72. The number of aliphatic imine (C=N–C) groups is 1. The normalized spacial score (nSPS) is 16.3. The van der Waals surface area contributed by atoms with Crippen LogP contribution in [0.15, 0.2) is 88.8 Å². The van der Waals surface area contributed by atoms with E-state index in [-0.39, 0.29) is 11.7 Å². The van der Waals surface area contributed by atoms with Crippen molar-refractivity contribution in [2.24, 2.45) is 4.99 Å². The molecule has 190 valence electrons. The lowest BCUT2D eigenvalue weighted by Gasteiger charge is -2.16. The molecule has 1 aliphatic heterocycles. The largest absolute Gasteiger partial charge is 0.493 e. The average molecular weight is 517 g/mol. The second kappa shape index (κ2) is 12.3. The molecule has 0 unspecified atom stereocenters. The van der Waals surface area contributed by atoms with E-state index in [4.69, 9.17) is 14.5 Å². The molecule has 1 heterocycles. The number of para-hydroxylation sites is 2. The number of aryl methyl sites for hydroxylation is 1. The fourth-order valence-electron chi connectivity index (χ4n) is 3.79. The maximum absolute atomic E-state index is 13.5. The average Bonchev–Trinajstić information content (AvgIpc) is 3.19. The summed E-state index contributed by atoms with van der Waals surface area (Å²) in [6.07, 6.45) is 2.23. The van der Waals surface area contributed by atoms with Crippen LogP contribution < -0.4 is 9.47 Å². The number of rotatable bonds is 10. The molecule has 7 nitrogen and oxygen atoms in total. The Labute approximate surface area is 220 Å². The highest BCUT2D eigenvalue weighted by molar-refractivity contribution is 8.18. The number of carbonyl (C=O) groups is 2. The first-order valence-electron chi connectivity index (χ1n) is 11.9. The van der Waals surface area contributed by atoms with Gasteiger partial charge in [0, 0.05) is 12.1 Å². The van der Waals surface area contributed by atoms with Gasteiger partial charge in [-0.3, -0.25) is 9.69 Å². The predicted octanol–water partition coefficient (Wildman–Crippen LogP) is 5.78. The number of nitrogens with zero attached hydrogens (tertiary/aromatic N) is 2. The zero-order valence-corrected chi connectivity index (χ0v) is 21.5. The van der Waals surface area contributed by atoms with Crippen molar-refractivity contribution in [3.63, 3.8) is 0 Å². The molecule has 37 heavy (non-hydrogen) atoms. The zero-order valence-electron chi connectivity index (χ0n) is 20.7. The minimum atomic E-state index is -1.10. The topological polar surface area (TPSA) is 88.4 Å². The molecule has 0 aromatic heterocycles. The Morgan fingerprint density at radius 1 is 1.05 bits per heavy atom. The van der Waals surface area contributed by atoms with E-state index in [9.17, 15) is 14.7 Å². The minimum Gasteiger partial charge on any atom is -0.493 e. The lowest BCUT2D eigenvalue weighted by Crippen LogP contribution is -2.30. The fourth-order valence-corrected chi connectivity index (χ4v) is 4.80. The standard InChI is InChI=1S/C29H28N2O5S/c1-20(28(33)34)36-26-22(14-9-17-24(26)35-2)19-25-27(32)31(18-10-13-21-11-5-3-6-12-21)29(37-25)30-23-15-7-4-8-16-23/h3-9,11-12,14-17,19-20H,10,13,18H2,1-2H3,(H,33,34)/b25-19-,30-29?/t20-/m1/s1. The Morgan fingerprint density at radius 3 is 2.43 bits per heavy atom. The first-order valence-corrected chi connectivity index (χ1v) is 12.7. The van der Waals surface area contributed by atoms with Crippen LogP contribution in [-0.2, 0) is 16.0 Å². The highest BCUT2D eigenvalue weighted by Gasteiger charge is 2.33. The van der Waals surface area contributed by atoms with E-state index in [2.05, 4.69) is 12.1 Å². The number of carboxylic acid groups (broad SMARTS) is 1. The van der Waals surface area contributed by atoms with Crippen LogP contribution in [0.1, 0.15) is 24.5 Å². The van der Waals surface area contributed by atoms with Crippen molar-refractivity contribution in [2.75, 3.05) is 13.7 Å². The summed E-state index contributed by atoms with van der Waals surface area (Å²) in [4.78, 5) is 31.9. The molecule has 0 spiro atoms. The lowest BCUT2D eigenvalue weighted by molar-refractivity contribution is -0.144. The number of hydrogen-bond donors (Lipinski definition) is 1. The second-order valence-corrected chi connectivity index (χ2v) is 9.37. The first kappa shape index (κ1) is 26.0. The number of benzene rings is 3. The molecule has 1 aliphatic rings. The summed E-state index contributed by atoms with van der Waals surface area (Å²) in [5, 5.41) is 9.93. The van der Waals surface area contributed by atoms with Crippen LogP contribution in [-0.4, -0.2) is 46.8 Å². The third kappa shape index (κ3) is 6.59. The van der Waals surface area contributed by atoms with Crippen molar-refractivity contribution in [3.05, 3.63) is 94.9 Å². The van der Waals surface area contributed by atoms with Crippen LogP contribution in [0.3, 0.4) is 0 Å². The number of amidine groups is 1. The number of aliphatic carboxylic acids is 1. The van der Waals surface area contributed by atoms with Crippen molar-refractivity contribution in [2.45, 2.75) is 25.9 Å². The van der Waals surface area contributed by atoms with Gasteiger partial charge in [-0.1, -0.05) is 60.7 Å². The fraction of sp³-hybridized carbons (Fsp3) is 0.207. The summed E-state index contributed by atoms with van der Waals surface area (Å²) < 4.78 is 11.1. The summed E-state index contributed by atoms with van der Waals surface area (Å²) in [6.45, 7) is 1.96. The van der Waals surface area contributed by atoms with Gasteiger partial charge >= 0.3 is 5.97 Å². The number of thioether (sulfide) groups is 1. The lowest BCUT2D eigenvalue weighted by atomic mass is 10.1. The zero-order chi connectivity index (χ0) is 26.2. The van der Waals surface area contributed by atoms with Gasteiger partial charge in [0.2, 0.25) is 0 Å². The number of carboxylic acids is 1. The van der Waals surface area contributed by atoms with Crippen LogP contribution in [0.25, 0.3) is 6.08 Å². The highest BCUT2D eigenvalue weighted by atomic mass is 32.2. The molecule has 3 aromatic rings. The van der Waals surface area contributed by atoms with Gasteiger partial charge in [-0.05, 0) is 61.4 Å². The van der Waals surface area contributed by atoms with E-state index in [0.717, 1.165) is 18.5 Å². The van der Waals surface area contributed by atoms with Crippen LogP contribution in [0.4, 0.5) is 5.69 Å². The molecule has 3 aromatic carbocycles. The predicted molar refractivity (Wildman–Crippen MR) is 146 cm³/mol. The minimum absolute atomic E-state index is 0.159. The van der Waals surface area contributed by atoms with Gasteiger partial charge in [-0.15, -0.1) is 0 Å². The summed E-state index contributed by atoms with van der Waals surface area (Å²) in [5.41, 5.74) is 2.52. The first-order chi connectivity index (χ1) is 18.0.